The standard InChI is InChI=1S/C25H20BrN3O2/c1-16-22(24(30)31-15-17-7-3-2-4-8-17)23(18-11-13-19(26)14-12-18)29-21-10-6-5-9-20(21)28-25(29)27-16/h2-14,23H,15H2,1H3,(H,27,28). The first-order valence-electron chi connectivity index (χ1n) is 10.0. The monoisotopic (exact) mass is 473 g/mol. The highest BCUT2D eigenvalue weighted by atomic mass is 79.9. The van der Waals surface area contributed by atoms with Crippen LogP contribution in [0.4, 0.5) is 5.95 Å². The van der Waals surface area contributed by atoms with Crippen LogP contribution in [0.5, 0.6) is 0 Å². The molecule has 1 atom stereocenters. The normalized spacial score (nSPS) is 15.5. The van der Waals surface area contributed by atoms with Crippen LogP contribution in [0, 0.1) is 0 Å². The van der Waals surface area contributed by atoms with Crippen LogP contribution in [0.2, 0.25) is 0 Å². The second-order valence-corrected chi connectivity index (χ2v) is 8.39. The molecule has 0 fully saturated rings. The number of hydrogen-bond acceptors (Lipinski definition) is 4. The molecule has 2 heterocycles. The fraction of sp³-hybridized carbons (Fsp3) is 0.120. The van der Waals surface area contributed by atoms with Crippen molar-refractivity contribution in [3.05, 3.63) is 106 Å². The highest BCUT2D eigenvalue weighted by Gasteiger charge is 2.34. The average Bonchev–Trinajstić information content (AvgIpc) is 3.15. The molecule has 1 unspecified atom stereocenters. The summed E-state index contributed by atoms with van der Waals surface area (Å²) >= 11 is 3.50. The third-order valence-electron chi connectivity index (χ3n) is 5.45. The van der Waals surface area contributed by atoms with E-state index in [1.807, 2.05) is 85.8 Å². The average molecular weight is 474 g/mol. The van der Waals surface area contributed by atoms with E-state index in [1.165, 1.54) is 0 Å². The number of esters is 1. The number of allylic oxidation sites excluding steroid dienone is 1. The van der Waals surface area contributed by atoms with Gasteiger partial charge in [0.2, 0.25) is 5.95 Å². The lowest BCUT2D eigenvalue weighted by atomic mass is 9.95. The zero-order chi connectivity index (χ0) is 21.4. The zero-order valence-corrected chi connectivity index (χ0v) is 18.5. The Balaban J connectivity index is 1.59. The molecular formula is C25H20BrN3O2. The molecule has 0 bridgehead atoms. The quantitative estimate of drug-likeness (QED) is 0.378. The number of anilines is 1. The summed E-state index contributed by atoms with van der Waals surface area (Å²) in [5.74, 6) is 0.372. The minimum absolute atomic E-state index is 0.223. The van der Waals surface area contributed by atoms with Gasteiger partial charge in [-0.3, -0.25) is 4.57 Å². The first-order valence-corrected chi connectivity index (χ1v) is 10.8. The number of nitrogens with one attached hydrogen (secondary N) is 1. The smallest absolute Gasteiger partial charge is 0.338 e. The molecule has 1 aliphatic rings. The molecule has 1 aliphatic heterocycles. The van der Waals surface area contributed by atoms with E-state index in [-0.39, 0.29) is 18.6 Å². The van der Waals surface area contributed by atoms with Crippen LogP contribution < -0.4 is 5.32 Å². The lowest BCUT2D eigenvalue weighted by Crippen LogP contribution is -2.28. The number of rotatable bonds is 4. The lowest BCUT2D eigenvalue weighted by molar-refractivity contribution is -0.140. The Morgan fingerprint density at radius 3 is 2.52 bits per heavy atom. The summed E-state index contributed by atoms with van der Waals surface area (Å²) in [7, 11) is 0. The molecule has 154 valence electrons. The molecule has 0 amide bonds. The maximum absolute atomic E-state index is 13.3. The molecule has 3 aromatic carbocycles. The number of hydrogen-bond donors (Lipinski definition) is 1. The SMILES string of the molecule is CC1=C(C(=O)OCc2ccccc2)C(c2ccc(Br)cc2)n2c(nc3ccccc32)N1. The minimum atomic E-state index is -0.347. The Labute approximate surface area is 188 Å². The van der Waals surface area contributed by atoms with Crippen molar-refractivity contribution >= 4 is 38.9 Å². The number of carbonyl (C=O) groups excluding carboxylic acids is 1. The molecule has 31 heavy (non-hydrogen) atoms. The summed E-state index contributed by atoms with van der Waals surface area (Å²) in [4.78, 5) is 18.1. The van der Waals surface area contributed by atoms with E-state index in [0.717, 1.165) is 32.3 Å². The Bertz CT molecular complexity index is 1290. The Kier molecular flexibility index (Phi) is 5.08. The molecular weight excluding hydrogens is 454 g/mol. The van der Waals surface area contributed by atoms with Gasteiger partial charge in [-0.15, -0.1) is 0 Å². The number of carbonyl (C=O) groups is 1. The largest absolute Gasteiger partial charge is 0.457 e. The summed E-state index contributed by atoms with van der Waals surface area (Å²) in [5, 5.41) is 3.31. The van der Waals surface area contributed by atoms with Crippen molar-refractivity contribution in [1.82, 2.24) is 9.55 Å². The van der Waals surface area contributed by atoms with E-state index >= 15 is 0 Å². The fourth-order valence-electron chi connectivity index (χ4n) is 3.99. The van der Waals surface area contributed by atoms with Gasteiger partial charge in [0.1, 0.15) is 6.61 Å². The van der Waals surface area contributed by atoms with Crippen molar-refractivity contribution < 1.29 is 9.53 Å². The van der Waals surface area contributed by atoms with E-state index in [1.54, 1.807) is 0 Å². The van der Waals surface area contributed by atoms with Crippen molar-refractivity contribution in [1.29, 1.82) is 0 Å². The van der Waals surface area contributed by atoms with Gasteiger partial charge in [-0.1, -0.05) is 70.5 Å². The number of benzene rings is 3. The van der Waals surface area contributed by atoms with Gasteiger partial charge >= 0.3 is 5.97 Å². The topological polar surface area (TPSA) is 56.2 Å². The maximum Gasteiger partial charge on any atom is 0.338 e. The molecule has 0 saturated heterocycles. The van der Waals surface area contributed by atoms with Gasteiger partial charge in [0.25, 0.3) is 0 Å². The lowest BCUT2D eigenvalue weighted by Gasteiger charge is -2.30. The van der Waals surface area contributed by atoms with Crippen LogP contribution in [-0.2, 0) is 16.1 Å². The first kappa shape index (κ1) is 19.6. The van der Waals surface area contributed by atoms with Crippen LogP contribution in [0.3, 0.4) is 0 Å². The third kappa shape index (κ3) is 3.64. The summed E-state index contributed by atoms with van der Waals surface area (Å²) in [6.07, 6.45) is 0. The van der Waals surface area contributed by atoms with E-state index in [0.29, 0.717) is 11.5 Å². The molecule has 1 N–H and O–H groups in total. The van der Waals surface area contributed by atoms with E-state index < -0.39 is 0 Å². The molecule has 0 radical (unpaired) electrons. The minimum Gasteiger partial charge on any atom is -0.457 e. The summed E-state index contributed by atoms with van der Waals surface area (Å²) < 4.78 is 8.79. The summed E-state index contributed by atoms with van der Waals surface area (Å²) in [6, 6.07) is 25.3. The number of fused-ring (bicyclic) bond motifs is 3. The summed E-state index contributed by atoms with van der Waals surface area (Å²) in [5.41, 5.74) is 5.09. The predicted octanol–water partition coefficient (Wildman–Crippen LogP) is 5.83. The number of ether oxygens (including phenoxy) is 1. The van der Waals surface area contributed by atoms with Gasteiger partial charge in [0, 0.05) is 10.2 Å². The number of nitrogens with zero attached hydrogens (tertiary/aromatic N) is 2. The number of halogens is 1. The van der Waals surface area contributed by atoms with Crippen LogP contribution in [0.1, 0.15) is 24.1 Å². The highest BCUT2D eigenvalue weighted by molar-refractivity contribution is 9.10. The maximum atomic E-state index is 13.3. The van der Waals surface area contributed by atoms with Crippen molar-refractivity contribution in [3.63, 3.8) is 0 Å². The van der Waals surface area contributed by atoms with Crippen molar-refractivity contribution in [2.75, 3.05) is 5.32 Å². The second-order valence-electron chi connectivity index (χ2n) is 7.47. The molecule has 4 aromatic rings. The second kappa shape index (κ2) is 8.04. The summed E-state index contributed by atoms with van der Waals surface area (Å²) in [6.45, 7) is 2.12. The van der Waals surface area contributed by atoms with E-state index in [9.17, 15) is 4.79 Å². The molecule has 0 aliphatic carbocycles. The van der Waals surface area contributed by atoms with Crippen LogP contribution in [0.25, 0.3) is 11.0 Å². The van der Waals surface area contributed by atoms with Gasteiger partial charge in [-0.25, -0.2) is 9.78 Å². The Hall–Kier alpha value is -3.38. The van der Waals surface area contributed by atoms with Gasteiger partial charge in [-0.2, -0.15) is 0 Å². The number of imidazole rings is 1. The van der Waals surface area contributed by atoms with Crippen molar-refractivity contribution in [3.8, 4) is 0 Å². The molecule has 0 spiro atoms. The Morgan fingerprint density at radius 2 is 1.74 bits per heavy atom. The van der Waals surface area contributed by atoms with E-state index in [4.69, 9.17) is 9.72 Å². The molecule has 6 heteroatoms. The van der Waals surface area contributed by atoms with Crippen LogP contribution in [-0.4, -0.2) is 15.5 Å². The highest BCUT2D eigenvalue weighted by Crippen LogP contribution is 2.39. The predicted molar refractivity (Wildman–Crippen MR) is 125 cm³/mol. The molecule has 1 aromatic heterocycles. The van der Waals surface area contributed by atoms with Gasteiger partial charge < -0.3 is 10.1 Å². The van der Waals surface area contributed by atoms with E-state index in [2.05, 4.69) is 25.8 Å². The Morgan fingerprint density at radius 1 is 1.03 bits per heavy atom. The van der Waals surface area contributed by atoms with Crippen LogP contribution in [0.15, 0.2) is 94.6 Å². The third-order valence-corrected chi connectivity index (χ3v) is 5.98. The molecule has 5 nitrogen and oxygen atoms in total. The van der Waals surface area contributed by atoms with Crippen molar-refractivity contribution in [2.45, 2.75) is 19.6 Å². The van der Waals surface area contributed by atoms with Gasteiger partial charge in [-0.05, 0) is 42.3 Å². The fourth-order valence-corrected chi connectivity index (χ4v) is 4.25. The van der Waals surface area contributed by atoms with Crippen molar-refractivity contribution in [2.24, 2.45) is 0 Å². The molecule has 5 rings (SSSR count). The first-order chi connectivity index (χ1) is 15.1. The molecule has 0 saturated carbocycles. The zero-order valence-electron chi connectivity index (χ0n) is 16.9. The number of para-hydroxylation sites is 2. The van der Waals surface area contributed by atoms with Gasteiger partial charge in [0.05, 0.1) is 22.6 Å². The van der Waals surface area contributed by atoms with Crippen LogP contribution >= 0.6 is 15.9 Å². The van der Waals surface area contributed by atoms with Gasteiger partial charge in [0.15, 0.2) is 0 Å². The number of aromatic nitrogens is 2.